The smallest absolute Gasteiger partial charge is 0.342 e. The fraction of sp³-hybridized carbons (Fsp3) is 0.318. The first-order chi connectivity index (χ1) is 26.0. The standard InChI is InChI=1S/C32H30N2O5.C12H22O4/c33-27-13-14-28(32(36)39-22-25-9-5-2-6-10-25)30(20-27)37-18-17-26-19-23(12-16-31(34)35)11-15-29(26)38-21-24-7-3-1-4-8-24;1-11(2,3)15-9(13)7-8-10(14)16-12(4,5)6/h1-16,19-20H,17-18,21-22,33H2,(H2,34,35);7-8H2,1-6H3/b16-12+;. The van der Waals surface area contributed by atoms with Gasteiger partial charge in [0, 0.05) is 24.3 Å². The number of amides is 1. The van der Waals surface area contributed by atoms with Crippen LogP contribution in [0.4, 0.5) is 5.69 Å². The molecule has 0 aliphatic rings. The summed E-state index contributed by atoms with van der Waals surface area (Å²) >= 11 is 0. The summed E-state index contributed by atoms with van der Waals surface area (Å²) in [5, 5.41) is 0. The Morgan fingerprint density at radius 3 is 1.76 bits per heavy atom. The van der Waals surface area contributed by atoms with Crippen LogP contribution >= 0.6 is 0 Å². The third-order valence-electron chi connectivity index (χ3n) is 7.20. The zero-order valence-corrected chi connectivity index (χ0v) is 32.5. The highest BCUT2D eigenvalue weighted by Crippen LogP contribution is 2.26. The van der Waals surface area contributed by atoms with Crippen LogP contribution in [-0.4, -0.2) is 41.6 Å². The Kier molecular flexibility index (Phi) is 16.5. The van der Waals surface area contributed by atoms with Gasteiger partial charge in [0.25, 0.3) is 0 Å². The van der Waals surface area contributed by atoms with E-state index in [-0.39, 0.29) is 38.0 Å². The molecule has 0 radical (unpaired) electrons. The third kappa shape index (κ3) is 17.5. The molecule has 0 saturated heterocycles. The number of esters is 3. The lowest BCUT2D eigenvalue weighted by Gasteiger charge is -2.21. The molecule has 11 nitrogen and oxygen atoms in total. The molecule has 0 fully saturated rings. The van der Waals surface area contributed by atoms with Crippen LogP contribution in [0.15, 0.2) is 103 Å². The van der Waals surface area contributed by atoms with E-state index in [2.05, 4.69) is 0 Å². The number of ether oxygens (including phenoxy) is 5. The first-order valence-electron chi connectivity index (χ1n) is 17.9. The summed E-state index contributed by atoms with van der Waals surface area (Å²) in [6.07, 6.45) is 3.54. The Labute approximate surface area is 323 Å². The van der Waals surface area contributed by atoms with Crippen LogP contribution in [0.25, 0.3) is 6.08 Å². The third-order valence-corrected chi connectivity index (χ3v) is 7.20. The van der Waals surface area contributed by atoms with Gasteiger partial charge >= 0.3 is 17.9 Å². The Balaban J connectivity index is 0.000000429. The molecule has 11 heteroatoms. The van der Waals surface area contributed by atoms with Gasteiger partial charge in [0.05, 0.1) is 19.4 Å². The molecule has 55 heavy (non-hydrogen) atoms. The Hall–Kier alpha value is -6.10. The maximum absolute atomic E-state index is 12.8. The summed E-state index contributed by atoms with van der Waals surface area (Å²) in [6, 6.07) is 29.8. The Morgan fingerprint density at radius 2 is 1.22 bits per heavy atom. The van der Waals surface area contributed by atoms with E-state index in [4.69, 9.17) is 35.2 Å². The van der Waals surface area contributed by atoms with Gasteiger partial charge in [0.2, 0.25) is 5.91 Å². The number of rotatable bonds is 15. The van der Waals surface area contributed by atoms with Gasteiger partial charge in [-0.2, -0.15) is 0 Å². The highest BCUT2D eigenvalue weighted by Gasteiger charge is 2.20. The van der Waals surface area contributed by atoms with Crippen molar-refractivity contribution < 1.29 is 42.9 Å². The molecule has 0 saturated carbocycles. The van der Waals surface area contributed by atoms with Crippen molar-refractivity contribution in [2.24, 2.45) is 5.73 Å². The zero-order chi connectivity index (χ0) is 40.4. The molecule has 0 aliphatic heterocycles. The molecule has 4 N–H and O–H groups in total. The minimum Gasteiger partial charge on any atom is -0.492 e. The molecule has 0 bridgehead atoms. The van der Waals surface area contributed by atoms with Crippen LogP contribution in [0.1, 0.15) is 87.0 Å². The highest BCUT2D eigenvalue weighted by molar-refractivity contribution is 5.93. The van der Waals surface area contributed by atoms with Crippen molar-refractivity contribution in [1.82, 2.24) is 0 Å². The van der Waals surface area contributed by atoms with E-state index in [1.54, 1.807) is 65.8 Å². The number of primary amides is 1. The minimum atomic E-state index is -0.530. The molecule has 0 aromatic heterocycles. The second-order valence-corrected chi connectivity index (χ2v) is 14.5. The number of nitrogens with two attached hydrogens (primary N) is 2. The summed E-state index contributed by atoms with van der Waals surface area (Å²) in [4.78, 5) is 46.6. The fourth-order valence-electron chi connectivity index (χ4n) is 4.84. The summed E-state index contributed by atoms with van der Waals surface area (Å²) in [5.41, 5.74) is 14.6. The van der Waals surface area contributed by atoms with Crippen LogP contribution in [0.3, 0.4) is 0 Å². The topological polar surface area (TPSA) is 166 Å². The van der Waals surface area contributed by atoms with Gasteiger partial charge in [0.15, 0.2) is 0 Å². The predicted octanol–water partition coefficient (Wildman–Crippen LogP) is 7.77. The lowest BCUT2D eigenvalue weighted by atomic mass is 10.1. The molecule has 0 atom stereocenters. The van der Waals surface area contributed by atoms with Crippen molar-refractivity contribution in [3.8, 4) is 11.5 Å². The largest absolute Gasteiger partial charge is 0.492 e. The monoisotopic (exact) mass is 752 g/mol. The van der Waals surface area contributed by atoms with Gasteiger partial charge in [-0.15, -0.1) is 0 Å². The Bertz CT molecular complexity index is 1870. The van der Waals surface area contributed by atoms with Crippen LogP contribution in [0.2, 0.25) is 0 Å². The van der Waals surface area contributed by atoms with Crippen molar-refractivity contribution >= 4 is 35.6 Å². The van der Waals surface area contributed by atoms with Crippen molar-refractivity contribution in [2.45, 2.75) is 85.2 Å². The Morgan fingerprint density at radius 1 is 0.655 bits per heavy atom. The SMILES string of the molecule is CC(C)(C)OC(=O)CCC(=O)OC(C)(C)C.NC(=O)/C=C/c1ccc(OCc2ccccc2)c(CCOc2cc(N)ccc2C(=O)OCc2ccccc2)c1. The van der Waals surface area contributed by atoms with Crippen molar-refractivity contribution in [3.63, 3.8) is 0 Å². The van der Waals surface area contributed by atoms with Gasteiger partial charge < -0.3 is 35.2 Å². The molecule has 4 aromatic rings. The highest BCUT2D eigenvalue weighted by atomic mass is 16.6. The second-order valence-electron chi connectivity index (χ2n) is 14.5. The van der Waals surface area contributed by atoms with Gasteiger partial charge in [-0.1, -0.05) is 66.7 Å². The average molecular weight is 753 g/mol. The quantitative estimate of drug-likeness (QED) is 0.0530. The molecule has 0 spiro atoms. The number of benzene rings is 4. The molecule has 292 valence electrons. The molecule has 4 aromatic carbocycles. The van der Waals surface area contributed by atoms with Gasteiger partial charge in [-0.3, -0.25) is 14.4 Å². The maximum atomic E-state index is 12.8. The summed E-state index contributed by atoms with van der Waals surface area (Å²) in [7, 11) is 0. The average Bonchev–Trinajstić information content (AvgIpc) is 3.11. The number of anilines is 1. The summed E-state index contributed by atoms with van der Waals surface area (Å²) < 4.78 is 27.8. The first kappa shape index (κ1) is 43.3. The van der Waals surface area contributed by atoms with Gasteiger partial charge in [-0.05, 0) is 94.1 Å². The molecule has 0 unspecified atom stereocenters. The number of hydrogen-bond acceptors (Lipinski definition) is 10. The summed E-state index contributed by atoms with van der Waals surface area (Å²) in [5.74, 6) is -0.757. The van der Waals surface area contributed by atoms with Crippen molar-refractivity contribution in [1.29, 1.82) is 0 Å². The number of carbonyl (C=O) groups excluding carboxylic acids is 4. The zero-order valence-electron chi connectivity index (χ0n) is 32.5. The second kappa shape index (κ2) is 21.0. The molecule has 1 amide bonds. The van der Waals surface area contributed by atoms with Crippen LogP contribution in [0, 0.1) is 0 Å². The van der Waals surface area contributed by atoms with Crippen LogP contribution in [-0.2, 0) is 48.2 Å². The molecular weight excluding hydrogens is 700 g/mol. The van der Waals surface area contributed by atoms with Crippen LogP contribution < -0.4 is 20.9 Å². The number of carbonyl (C=O) groups is 4. The van der Waals surface area contributed by atoms with E-state index in [0.29, 0.717) is 35.8 Å². The lowest BCUT2D eigenvalue weighted by Crippen LogP contribution is -2.26. The first-order valence-corrected chi connectivity index (χ1v) is 17.9. The van der Waals surface area contributed by atoms with E-state index in [0.717, 1.165) is 22.3 Å². The van der Waals surface area contributed by atoms with Crippen LogP contribution in [0.5, 0.6) is 11.5 Å². The maximum Gasteiger partial charge on any atom is 0.342 e. The van der Waals surface area contributed by atoms with Crippen molar-refractivity contribution in [3.05, 3.63) is 131 Å². The lowest BCUT2D eigenvalue weighted by molar-refractivity contribution is -0.162. The molecule has 0 aliphatic carbocycles. The molecule has 0 heterocycles. The minimum absolute atomic E-state index is 0.0617. The summed E-state index contributed by atoms with van der Waals surface area (Å²) in [6.45, 7) is 11.5. The molecule has 4 rings (SSSR count). The van der Waals surface area contributed by atoms with E-state index in [9.17, 15) is 19.2 Å². The molecular formula is C44H52N2O9. The van der Waals surface area contributed by atoms with Gasteiger partial charge in [0.1, 0.15) is 41.5 Å². The fourth-order valence-corrected chi connectivity index (χ4v) is 4.84. The van der Waals surface area contributed by atoms with Crippen molar-refractivity contribution in [2.75, 3.05) is 12.3 Å². The predicted molar refractivity (Wildman–Crippen MR) is 212 cm³/mol. The van der Waals surface area contributed by atoms with E-state index in [1.807, 2.05) is 78.9 Å². The van der Waals surface area contributed by atoms with E-state index >= 15 is 0 Å². The normalized spacial score (nSPS) is 11.2. The van der Waals surface area contributed by atoms with E-state index < -0.39 is 23.1 Å². The number of hydrogen-bond donors (Lipinski definition) is 2. The number of nitrogen functional groups attached to an aromatic ring is 1. The van der Waals surface area contributed by atoms with Gasteiger partial charge in [-0.25, -0.2) is 4.79 Å². The van der Waals surface area contributed by atoms with E-state index in [1.165, 1.54) is 6.08 Å².